The highest BCUT2D eigenvalue weighted by Gasteiger charge is 2.29. The molecule has 2 N–H and O–H groups in total. The van der Waals surface area contributed by atoms with E-state index in [1.54, 1.807) is 56.7 Å². The molecule has 1 aliphatic carbocycles. The van der Waals surface area contributed by atoms with Crippen LogP contribution in [0.4, 0.5) is 11.4 Å². The molecular weight excluding hydrogens is 360 g/mol. The first-order valence-corrected chi connectivity index (χ1v) is 9.12. The van der Waals surface area contributed by atoms with Gasteiger partial charge in [-0.25, -0.2) is 0 Å². The molecule has 1 aliphatic rings. The number of benzene rings is 2. The van der Waals surface area contributed by atoms with Gasteiger partial charge in [-0.1, -0.05) is 6.07 Å². The van der Waals surface area contributed by atoms with E-state index in [-0.39, 0.29) is 17.7 Å². The van der Waals surface area contributed by atoms with Crippen molar-refractivity contribution in [3.63, 3.8) is 0 Å². The lowest BCUT2D eigenvalue weighted by Crippen LogP contribution is -2.15. The highest BCUT2D eigenvalue weighted by atomic mass is 16.5. The molecule has 1 saturated carbocycles. The molecule has 7 nitrogen and oxygen atoms in total. The second kappa shape index (κ2) is 9.23. The zero-order chi connectivity index (χ0) is 19.9. The number of hydrogen-bond acceptors (Lipinski definition) is 5. The zero-order valence-corrected chi connectivity index (χ0v) is 16.0. The lowest BCUT2D eigenvalue weighted by atomic mass is 10.1. The van der Waals surface area contributed by atoms with Crippen molar-refractivity contribution < 1.29 is 23.8 Å². The van der Waals surface area contributed by atoms with E-state index in [9.17, 15) is 9.59 Å². The Bertz CT molecular complexity index is 848. The molecule has 0 atom stereocenters. The summed E-state index contributed by atoms with van der Waals surface area (Å²) < 4.78 is 15.9. The third-order valence-corrected chi connectivity index (χ3v) is 4.31. The van der Waals surface area contributed by atoms with Crippen LogP contribution in [0.15, 0.2) is 42.5 Å². The van der Waals surface area contributed by atoms with Gasteiger partial charge in [-0.05, 0) is 43.2 Å². The number of ether oxygens (including phenoxy) is 3. The Morgan fingerprint density at radius 2 is 1.75 bits per heavy atom. The summed E-state index contributed by atoms with van der Waals surface area (Å²) in [6, 6.07) is 12.0. The maximum Gasteiger partial charge on any atom is 0.255 e. The summed E-state index contributed by atoms with van der Waals surface area (Å²) in [5.41, 5.74) is 1.64. The summed E-state index contributed by atoms with van der Waals surface area (Å²) in [6.45, 7) is 0.812. The summed E-state index contributed by atoms with van der Waals surface area (Å²) >= 11 is 0. The minimum Gasteiger partial charge on any atom is -0.493 e. The van der Waals surface area contributed by atoms with Gasteiger partial charge in [-0.3, -0.25) is 9.59 Å². The van der Waals surface area contributed by atoms with Gasteiger partial charge in [0.05, 0.1) is 13.7 Å². The van der Waals surface area contributed by atoms with Crippen molar-refractivity contribution in [1.29, 1.82) is 0 Å². The van der Waals surface area contributed by atoms with Crippen LogP contribution in [-0.2, 0) is 9.53 Å². The fraction of sp³-hybridized carbons (Fsp3) is 0.333. The Balaban J connectivity index is 1.68. The fourth-order valence-corrected chi connectivity index (χ4v) is 2.63. The van der Waals surface area contributed by atoms with Gasteiger partial charge in [0.25, 0.3) is 5.91 Å². The van der Waals surface area contributed by atoms with Crippen LogP contribution in [0.1, 0.15) is 23.2 Å². The standard InChI is InChI=1S/C21H24N2O5/c1-26-10-11-28-19-13-17(8-9-18(19)27-2)23-21(25)15-4-3-5-16(12-15)22-20(24)14-6-7-14/h3-5,8-9,12-14H,6-7,10-11H2,1-2H3,(H,22,24)(H,23,25). The number of hydrogen-bond donors (Lipinski definition) is 2. The molecule has 0 heterocycles. The molecular formula is C21H24N2O5. The molecule has 1 fully saturated rings. The molecule has 28 heavy (non-hydrogen) atoms. The second-order valence-electron chi connectivity index (χ2n) is 6.51. The lowest BCUT2D eigenvalue weighted by Gasteiger charge is -2.13. The third kappa shape index (κ3) is 5.23. The van der Waals surface area contributed by atoms with Gasteiger partial charge in [-0.2, -0.15) is 0 Å². The van der Waals surface area contributed by atoms with Gasteiger partial charge >= 0.3 is 0 Å². The molecule has 0 spiro atoms. The maximum atomic E-state index is 12.6. The maximum absolute atomic E-state index is 12.6. The summed E-state index contributed by atoms with van der Waals surface area (Å²) in [5.74, 6) is 0.913. The first-order chi connectivity index (χ1) is 13.6. The van der Waals surface area contributed by atoms with Crippen molar-refractivity contribution in [2.75, 3.05) is 38.1 Å². The molecule has 0 radical (unpaired) electrons. The molecule has 0 saturated heterocycles. The summed E-state index contributed by atoms with van der Waals surface area (Å²) in [4.78, 5) is 24.5. The van der Waals surface area contributed by atoms with Crippen molar-refractivity contribution in [2.24, 2.45) is 5.92 Å². The van der Waals surface area contributed by atoms with Crippen LogP contribution >= 0.6 is 0 Å². The van der Waals surface area contributed by atoms with Crippen LogP contribution in [0, 0.1) is 5.92 Å². The Kier molecular flexibility index (Phi) is 6.49. The topological polar surface area (TPSA) is 85.9 Å². The Morgan fingerprint density at radius 3 is 2.46 bits per heavy atom. The van der Waals surface area contributed by atoms with E-state index in [4.69, 9.17) is 14.2 Å². The van der Waals surface area contributed by atoms with Gasteiger partial charge in [0.15, 0.2) is 11.5 Å². The monoisotopic (exact) mass is 384 g/mol. The minimum atomic E-state index is -0.282. The molecule has 148 valence electrons. The van der Waals surface area contributed by atoms with Crippen molar-refractivity contribution in [3.05, 3.63) is 48.0 Å². The van der Waals surface area contributed by atoms with Crippen molar-refractivity contribution in [1.82, 2.24) is 0 Å². The summed E-state index contributed by atoms with van der Waals surface area (Å²) in [7, 11) is 3.15. The van der Waals surface area contributed by atoms with E-state index >= 15 is 0 Å². The van der Waals surface area contributed by atoms with E-state index in [0.717, 1.165) is 12.8 Å². The van der Waals surface area contributed by atoms with Crippen LogP contribution in [0.5, 0.6) is 11.5 Å². The van der Waals surface area contributed by atoms with Crippen molar-refractivity contribution in [2.45, 2.75) is 12.8 Å². The number of nitrogens with one attached hydrogen (secondary N) is 2. The number of carbonyl (C=O) groups excluding carboxylic acids is 2. The van der Waals surface area contributed by atoms with E-state index in [2.05, 4.69) is 10.6 Å². The van der Waals surface area contributed by atoms with Gasteiger partial charge in [0.1, 0.15) is 6.61 Å². The lowest BCUT2D eigenvalue weighted by molar-refractivity contribution is -0.117. The van der Waals surface area contributed by atoms with E-state index in [1.165, 1.54) is 0 Å². The number of rotatable bonds is 9. The summed E-state index contributed by atoms with van der Waals surface area (Å²) in [6.07, 6.45) is 1.86. The van der Waals surface area contributed by atoms with E-state index in [1.807, 2.05) is 0 Å². The average molecular weight is 384 g/mol. The number of methoxy groups -OCH3 is 2. The first-order valence-electron chi connectivity index (χ1n) is 9.12. The van der Waals surface area contributed by atoms with Gasteiger partial charge in [0.2, 0.25) is 5.91 Å². The van der Waals surface area contributed by atoms with Crippen molar-refractivity contribution >= 4 is 23.2 Å². The average Bonchev–Trinajstić information content (AvgIpc) is 3.54. The molecule has 0 unspecified atom stereocenters. The second-order valence-corrected chi connectivity index (χ2v) is 6.51. The molecule has 0 aromatic heterocycles. The highest BCUT2D eigenvalue weighted by Crippen LogP contribution is 2.31. The molecule has 7 heteroatoms. The zero-order valence-electron chi connectivity index (χ0n) is 16.0. The minimum absolute atomic E-state index is 0.00515. The van der Waals surface area contributed by atoms with E-state index in [0.29, 0.717) is 41.7 Å². The van der Waals surface area contributed by atoms with E-state index < -0.39 is 0 Å². The number of anilines is 2. The summed E-state index contributed by atoms with van der Waals surface area (Å²) in [5, 5.41) is 5.69. The SMILES string of the molecule is COCCOc1cc(NC(=O)c2cccc(NC(=O)C3CC3)c2)ccc1OC. The molecule has 3 rings (SSSR count). The first kappa shape index (κ1) is 19.7. The Morgan fingerprint density at radius 1 is 0.964 bits per heavy atom. The molecule has 0 aliphatic heterocycles. The Labute approximate surface area is 164 Å². The van der Waals surface area contributed by atoms with Crippen molar-refractivity contribution in [3.8, 4) is 11.5 Å². The van der Waals surface area contributed by atoms with Crippen LogP contribution in [0.25, 0.3) is 0 Å². The van der Waals surface area contributed by atoms with Crippen LogP contribution in [0.2, 0.25) is 0 Å². The van der Waals surface area contributed by atoms with Gasteiger partial charge in [0, 0.05) is 36.0 Å². The number of amides is 2. The number of carbonyl (C=O) groups is 2. The van der Waals surface area contributed by atoms with Crippen LogP contribution in [-0.4, -0.2) is 39.2 Å². The largest absolute Gasteiger partial charge is 0.493 e. The predicted molar refractivity (Wildman–Crippen MR) is 106 cm³/mol. The van der Waals surface area contributed by atoms with Crippen LogP contribution < -0.4 is 20.1 Å². The highest BCUT2D eigenvalue weighted by molar-refractivity contribution is 6.05. The fourth-order valence-electron chi connectivity index (χ4n) is 2.63. The quantitative estimate of drug-likeness (QED) is 0.648. The van der Waals surface area contributed by atoms with Crippen LogP contribution in [0.3, 0.4) is 0 Å². The molecule has 2 amide bonds. The molecule has 0 bridgehead atoms. The molecule has 2 aromatic rings. The third-order valence-electron chi connectivity index (χ3n) is 4.31. The Hall–Kier alpha value is -3.06. The van der Waals surface area contributed by atoms with Gasteiger partial charge < -0.3 is 24.8 Å². The normalized spacial score (nSPS) is 12.9. The smallest absolute Gasteiger partial charge is 0.255 e. The van der Waals surface area contributed by atoms with Gasteiger partial charge in [-0.15, -0.1) is 0 Å². The molecule has 2 aromatic carbocycles. The predicted octanol–water partition coefficient (Wildman–Crippen LogP) is 3.32.